The number of anilines is 1. The van der Waals surface area contributed by atoms with Crippen molar-refractivity contribution < 1.29 is 19.1 Å². The van der Waals surface area contributed by atoms with Crippen molar-refractivity contribution in [3.05, 3.63) is 51.7 Å². The Balaban J connectivity index is 1.77. The topological polar surface area (TPSA) is 89.6 Å². The number of carbonyl (C=O) groups is 2. The molecule has 2 N–H and O–H groups in total. The standard InChI is InChI=1S/C22H23N3O4S2/c1-5-6-14-9-15(10-18(28-3)20(14)29-4)21(27)25-22-24-17(12-30-22)19-8-7-16(31-19)11-23-13(2)26/h5-10,12H,11H2,1-4H3,(H,23,26)(H,24,25,27)/b6-5+. The van der Waals surface area contributed by atoms with Gasteiger partial charge in [-0.05, 0) is 31.2 Å². The molecule has 3 rings (SSSR count). The molecule has 3 aromatic rings. The second-order valence-electron chi connectivity index (χ2n) is 6.47. The second kappa shape index (κ2) is 10.2. The van der Waals surface area contributed by atoms with Crippen molar-refractivity contribution in [1.82, 2.24) is 10.3 Å². The monoisotopic (exact) mass is 457 g/mol. The number of thiazole rings is 1. The van der Waals surface area contributed by atoms with Crippen molar-refractivity contribution >= 4 is 45.7 Å². The number of aromatic nitrogens is 1. The number of nitrogens with one attached hydrogen (secondary N) is 2. The first-order valence-corrected chi connectivity index (χ1v) is 11.1. The number of hydrogen-bond acceptors (Lipinski definition) is 7. The lowest BCUT2D eigenvalue weighted by molar-refractivity contribution is -0.119. The molecule has 162 valence electrons. The van der Waals surface area contributed by atoms with Gasteiger partial charge in [0.15, 0.2) is 16.6 Å². The van der Waals surface area contributed by atoms with Crippen molar-refractivity contribution in [2.75, 3.05) is 19.5 Å². The van der Waals surface area contributed by atoms with Gasteiger partial charge in [-0.2, -0.15) is 0 Å². The quantitative estimate of drug-likeness (QED) is 0.507. The van der Waals surface area contributed by atoms with Gasteiger partial charge in [0.05, 0.1) is 31.3 Å². The molecule has 0 radical (unpaired) electrons. The number of rotatable bonds is 8. The predicted molar refractivity (Wildman–Crippen MR) is 125 cm³/mol. The number of carbonyl (C=O) groups excluding carboxylic acids is 2. The molecule has 2 aromatic heterocycles. The normalized spacial score (nSPS) is 10.8. The van der Waals surface area contributed by atoms with Crippen molar-refractivity contribution in [2.24, 2.45) is 0 Å². The maximum absolute atomic E-state index is 12.8. The van der Waals surface area contributed by atoms with Crippen molar-refractivity contribution in [3.8, 4) is 22.1 Å². The molecule has 9 heteroatoms. The zero-order chi connectivity index (χ0) is 22.4. The molecule has 2 heterocycles. The summed E-state index contributed by atoms with van der Waals surface area (Å²) in [6, 6.07) is 7.31. The minimum Gasteiger partial charge on any atom is -0.493 e. The van der Waals surface area contributed by atoms with E-state index >= 15 is 0 Å². The van der Waals surface area contributed by atoms with Crippen LogP contribution in [0.15, 0.2) is 35.7 Å². The fraction of sp³-hybridized carbons (Fsp3) is 0.227. The van der Waals surface area contributed by atoms with E-state index in [1.165, 1.54) is 25.4 Å². The smallest absolute Gasteiger partial charge is 0.257 e. The third kappa shape index (κ3) is 5.50. The van der Waals surface area contributed by atoms with Crippen molar-refractivity contribution in [1.29, 1.82) is 0 Å². The zero-order valence-corrected chi connectivity index (χ0v) is 19.3. The highest BCUT2D eigenvalue weighted by Gasteiger charge is 2.17. The van der Waals surface area contributed by atoms with E-state index in [-0.39, 0.29) is 11.8 Å². The zero-order valence-electron chi connectivity index (χ0n) is 17.6. The fourth-order valence-electron chi connectivity index (χ4n) is 2.86. The Morgan fingerprint density at radius 1 is 1.19 bits per heavy atom. The summed E-state index contributed by atoms with van der Waals surface area (Å²) in [5, 5.41) is 8.02. The predicted octanol–water partition coefficient (Wildman–Crippen LogP) is 4.81. The van der Waals surface area contributed by atoms with E-state index in [1.807, 2.05) is 36.6 Å². The highest BCUT2D eigenvalue weighted by atomic mass is 32.1. The van der Waals surface area contributed by atoms with Gasteiger partial charge in [0.1, 0.15) is 0 Å². The molecule has 2 amide bonds. The van der Waals surface area contributed by atoms with Gasteiger partial charge in [0, 0.05) is 28.3 Å². The highest BCUT2D eigenvalue weighted by Crippen LogP contribution is 2.34. The molecule has 0 saturated carbocycles. The van der Waals surface area contributed by atoms with E-state index < -0.39 is 0 Å². The Kier molecular flexibility index (Phi) is 7.43. The highest BCUT2D eigenvalue weighted by molar-refractivity contribution is 7.17. The van der Waals surface area contributed by atoms with Gasteiger partial charge in [-0.15, -0.1) is 22.7 Å². The molecule has 0 spiro atoms. The Labute approximate surface area is 188 Å². The summed E-state index contributed by atoms with van der Waals surface area (Å²) in [6.07, 6.45) is 3.72. The largest absolute Gasteiger partial charge is 0.493 e. The number of thiophene rings is 1. The van der Waals surface area contributed by atoms with Crippen molar-refractivity contribution in [3.63, 3.8) is 0 Å². The number of allylic oxidation sites excluding steroid dienone is 1. The Hall–Kier alpha value is -3.17. The molecular weight excluding hydrogens is 434 g/mol. The summed E-state index contributed by atoms with van der Waals surface area (Å²) in [4.78, 5) is 30.4. The molecule has 0 unspecified atom stereocenters. The van der Waals surface area contributed by atoms with E-state index in [9.17, 15) is 9.59 Å². The van der Waals surface area contributed by atoms with E-state index in [1.54, 1.807) is 30.6 Å². The first-order chi connectivity index (χ1) is 14.9. The van der Waals surface area contributed by atoms with E-state index in [4.69, 9.17) is 9.47 Å². The molecule has 0 atom stereocenters. The van der Waals surface area contributed by atoms with Crippen LogP contribution < -0.4 is 20.1 Å². The molecule has 0 aliphatic rings. The van der Waals surface area contributed by atoms with Gasteiger partial charge in [-0.1, -0.05) is 12.2 Å². The molecular formula is C22H23N3O4S2. The maximum atomic E-state index is 12.8. The van der Waals surface area contributed by atoms with Gasteiger partial charge in [0.25, 0.3) is 5.91 Å². The number of ether oxygens (including phenoxy) is 2. The lowest BCUT2D eigenvalue weighted by atomic mass is 10.1. The molecule has 7 nitrogen and oxygen atoms in total. The SMILES string of the molecule is C/C=C/c1cc(C(=O)Nc2nc(-c3ccc(CNC(C)=O)s3)cs2)cc(OC)c1OC. The number of benzene rings is 1. The third-order valence-electron chi connectivity index (χ3n) is 4.27. The molecule has 0 bridgehead atoms. The molecule has 0 aliphatic carbocycles. The summed E-state index contributed by atoms with van der Waals surface area (Å²) in [6.45, 7) is 3.87. The van der Waals surface area contributed by atoms with Gasteiger partial charge >= 0.3 is 0 Å². The van der Waals surface area contributed by atoms with Crippen LogP contribution in [-0.2, 0) is 11.3 Å². The van der Waals surface area contributed by atoms with Gasteiger partial charge in [-0.25, -0.2) is 4.98 Å². The van der Waals surface area contributed by atoms with Crippen LogP contribution in [0, 0.1) is 0 Å². The summed E-state index contributed by atoms with van der Waals surface area (Å²) >= 11 is 2.90. The lowest BCUT2D eigenvalue weighted by Gasteiger charge is -2.13. The lowest BCUT2D eigenvalue weighted by Crippen LogP contribution is -2.17. The molecule has 0 fully saturated rings. The van der Waals surface area contributed by atoms with Crippen LogP contribution in [0.3, 0.4) is 0 Å². The maximum Gasteiger partial charge on any atom is 0.257 e. The minimum absolute atomic E-state index is 0.0682. The second-order valence-corrected chi connectivity index (χ2v) is 8.50. The van der Waals surface area contributed by atoms with Crippen LogP contribution >= 0.6 is 22.7 Å². The molecule has 31 heavy (non-hydrogen) atoms. The van der Waals surface area contributed by atoms with Crippen LogP contribution in [0.5, 0.6) is 11.5 Å². The summed E-state index contributed by atoms with van der Waals surface area (Å²) < 4.78 is 10.8. The summed E-state index contributed by atoms with van der Waals surface area (Å²) in [5.41, 5.74) is 1.97. The Morgan fingerprint density at radius 2 is 2.00 bits per heavy atom. The van der Waals surface area contributed by atoms with Crippen LogP contribution in [-0.4, -0.2) is 31.0 Å². The van der Waals surface area contributed by atoms with Crippen LogP contribution in [0.1, 0.15) is 34.6 Å². The van der Waals surface area contributed by atoms with Gasteiger partial charge in [0.2, 0.25) is 5.91 Å². The van der Waals surface area contributed by atoms with Crippen LogP contribution in [0.25, 0.3) is 16.6 Å². The number of amides is 2. The van der Waals surface area contributed by atoms with E-state index in [0.717, 1.165) is 21.0 Å². The Morgan fingerprint density at radius 3 is 2.68 bits per heavy atom. The number of nitrogens with zero attached hydrogens (tertiary/aromatic N) is 1. The Bertz CT molecular complexity index is 1120. The summed E-state index contributed by atoms with van der Waals surface area (Å²) in [5.74, 6) is 0.696. The molecule has 1 aromatic carbocycles. The van der Waals surface area contributed by atoms with E-state index in [0.29, 0.717) is 28.7 Å². The number of hydrogen-bond donors (Lipinski definition) is 2. The number of methoxy groups -OCH3 is 2. The van der Waals surface area contributed by atoms with Crippen LogP contribution in [0.2, 0.25) is 0 Å². The fourth-order valence-corrected chi connectivity index (χ4v) is 4.55. The third-order valence-corrected chi connectivity index (χ3v) is 6.13. The molecule has 0 aliphatic heterocycles. The summed E-state index contributed by atoms with van der Waals surface area (Å²) in [7, 11) is 3.10. The average Bonchev–Trinajstić information content (AvgIpc) is 3.41. The van der Waals surface area contributed by atoms with Crippen LogP contribution in [0.4, 0.5) is 5.13 Å². The van der Waals surface area contributed by atoms with Gasteiger partial charge in [-0.3, -0.25) is 14.9 Å². The first kappa shape index (κ1) is 22.5. The molecule has 0 saturated heterocycles. The first-order valence-electron chi connectivity index (χ1n) is 9.44. The van der Waals surface area contributed by atoms with Crippen molar-refractivity contribution in [2.45, 2.75) is 20.4 Å². The average molecular weight is 458 g/mol. The van der Waals surface area contributed by atoms with Gasteiger partial charge < -0.3 is 14.8 Å². The van der Waals surface area contributed by atoms with E-state index in [2.05, 4.69) is 15.6 Å². The minimum atomic E-state index is -0.287.